The Labute approximate surface area is 133 Å². The molecule has 0 heterocycles. The highest BCUT2D eigenvalue weighted by Gasteiger charge is 1.96. The highest BCUT2D eigenvalue weighted by Crippen LogP contribution is 2.26. The first-order valence-corrected chi connectivity index (χ1v) is 6.94. The first kappa shape index (κ1) is 18.9. The van der Waals surface area contributed by atoms with E-state index in [-0.39, 0.29) is 0 Å². The maximum Gasteiger partial charge on any atom is 0.194 e. The van der Waals surface area contributed by atoms with Crippen LogP contribution in [0.2, 0.25) is 0 Å². The summed E-state index contributed by atoms with van der Waals surface area (Å²) in [7, 11) is 0. The summed E-state index contributed by atoms with van der Waals surface area (Å²) < 4.78 is 0. The van der Waals surface area contributed by atoms with Gasteiger partial charge in [0.15, 0.2) is 11.4 Å². The number of rotatable bonds is 0. The van der Waals surface area contributed by atoms with Crippen LogP contribution in [-0.4, -0.2) is 0 Å². The van der Waals surface area contributed by atoms with Crippen molar-refractivity contribution in [3.63, 3.8) is 0 Å². The predicted molar refractivity (Wildman–Crippen MR) is 90.8 cm³/mol. The number of nitriles is 1. The molecule has 3 heteroatoms. The summed E-state index contributed by atoms with van der Waals surface area (Å²) in [5.74, 6) is 0. The van der Waals surface area contributed by atoms with E-state index >= 15 is 0 Å². The van der Waals surface area contributed by atoms with Crippen LogP contribution in [0.5, 0.6) is 0 Å². The molecule has 0 bridgehead atoms. The van der Waals surface area contributed by atoms with Crippen molar-refractivity contribution in [2.75, 3.05) is 0 Å². The molecule has 2 rings (SSSR count). The van der Waals surface area contributed by atoms with Crippen LogP contribution in [-0.2, 0) is 0 Å². The van der Waals surface area contributed by atoms with Crippen LogP contribution in [0, 0.1) is 31.4 Å². The van der Waals surface area contributed by atoms with Crippen molar-refractivity contribution < 1.29 is 0 Å². The number of aryl methyl sites for hydroxylation is 1. The molecule has 0 atom stereocenters. The zero-order valence-corrected chi connectivity index (χ0v) is 13.2. The van der Waals surface area contributed by atoms with Crippen LogP contribution < -0.4 is 0 Å². The molecule has 0 radical (unpaired) electrons. The second kappa shape index (κ2) is 11.7. The van der Waals surface area contributed by atoms with Crippen molar-refractivity contribution in [1.29, 1.82) is 5.26 Å². The number of hydrogen-bond acceptors (Lipinski definition) is 1. The van der Waals surface area contributed by atoms with E-state index in [9.17, 15) is 0 Å². The molecule has 0 aromatic heterocycles. The molecule has 0 aliphatic rings. The van der Waals surface area contributed by atoms with E-state index in [1.807, 2.05) is 31.2 Å². The topological polar surface area (TPSA) is 32.5 Å². The minimum absolute atomic E-state index is 0.428. The summed E-state index contributed by atoms with van der Waals surface area (Å²) in [6.45, 7) is 19.5. The zero-order valence-electron chi connectivity index (χ0n) is 13.2. The number of nitrogens with zero attached hydrogens (tertiary/aromatic N) is 3. The molecule has 110 valence electrons. The van der Waals surface area contributed by atoms with E-state index in [1.54, 1.807) is 24.3 Å². The van der Waals surface area contributed by atoms with E-state index in [0.29, 0.717) is 11.4 Å². The molecule has 0 aliphatic heterocycles. The maximum atomic E-state index is 8.47. The molecule has 22 heavy (non-hydrogen) atoms. The van der Waals surface area contributed by atoms with E-state index in [0.717, 1.165) is 11.1 Å². The Kier molecular flexibility index (Phi) is 10.1. The van der Waals surface area contributed by atoms with Gasteiger partial charge in [0.1, 0.15) is 0 Å². The van der Waals surface area contributed by atoms with Crippen LogP contribution in [0.15, 0.2) is 48.5 Å². The van der Waals surface area contributed by atoms with E-state index in [2.05, 4.69) is 29.6 Å². The second-order valence-electron chi connectivity index (χ2n) is 4.35. The van der Waals surface area contributed by atoms with Crippen molar-refractivity contribution in [2.45, 2.75) is 27.2 Å². The first-order chi connectivity index (χ1) is 10.6. The molecular formula is C19H19N3. The monoisotopic (exact) mass is 289 g/mol. The molecule has 0 saturated heterocycles. The van der Waals surface area contributed by atoms with Crippen LogP contribution in [0.4, 0.5) is 11.4 Å². The van der Waals surface area contributed by atoms with Crippen molar-refractivity contribution in [3.8, 4) is 6.07 Å². The molecule has 3 nitrogen and oxygen atoms in total. The van der Waals surface area contributed by atoms with E-state index in [4.69, 9.17) is 18.4 Å². The third kappa shape index (κ3) is 6.90. The maximum absolute atomic E-state index is 8.47. The van der Waals surface area contributed by atoms with Crippen LogP contribution in [0.25, 0.3) is 9.69 Å². The van der Waals surface area contributed by atoms with Gasteiger partial charge in [-0.1, -0.05) is 62.7 Å². The van der Waals surface area contributed by atoms with Crippen LogP contribution >= 0.6 is 0 Å². The van der Waals surface area contributed by atoms with Gasteiger partial charge in [0, 0.05) is 0 Å². The lowest BCUT2D eigenvalue weighted by Crippen LogP contribution is -1.77. The van der Waals surface area contributed by atoms with Gasteiger partial charge in [0.2, 0.25) is 0 Å². The SMILES string of the molecule is CCC.Cc1ccccc1C#N.[C-]#[N+]c1ccccc1[N+]#[C-]. The Balaban J connectivity index is 0.000000342. The predicted octanol–water partition coefficient (Wildman–Crippen LogP) is 6.07. The van der Waals surface area contributed by atoms with Crippen LogP contribution in [0.1, 0.15) is 31.4 Å². The summed E-state index contributed by atoms with van der Waals surface area (Å²) in [5.41, 5.74) is 2.66. The van der Waals surface area contributed by atoms with Crippen molar-refractivity contribution in [3.05, 3.63) is 82.5 Å². The smallest absolute Gasteiger partial charge is 0.194 e. The third-order valence-electron chi connectivity index (χ3n) is 2.39. The lowest BCUT2D eigenvalue weighted by molar-refractivity contribution is 1.09. The highest BCUT2D eigenvalue weighted by molar-refractivity contribution is 5.69. The molecule has 0 spiro atoms. The van der Waals surface area contributed by atoms with Gasteiger partial charge in [-0.2, -0.15) is 5.26 Å². The van der Waals surface area contributed by atoms with E-state index in [1.165, 1.54) is 6.42 Å². The molecule has 0 saturated carbocycles. The second-order valence-corrected chi connectivity index (χ2v) is 4.35. The molecule has 0 aliphatic carbocycles. The van der Waals surface area contributed by atoms with Crippen molar-refractivity contribution in [1.82, 2.24) is 0 Å². The molecule has 2 aromatic rings. The minimum Gasteiger partial charge on any atom is -0.250 e. The Morgan fingerprint density at radius 3 is 1.64 bits per heavy atom. The van der Waals surface area contributed by atoms with Gasteiger partial charge in [-0.25, -0.2) is 0 Å². The quantitative estimate of drug-likeness (QED) is 0.541. The summed E-state index contributed by atoms with van der Waals surface area (Å²) in [4.78, 5) is 6.36. The molecule has 0 N–H and O–H groups in total. The number of benzene rings is 2. The van der Waals surface area contributed by atoms with Gasteiger partial charge >= 0.3 is 0 Å². The summed E-state index contributed by atoms with van der Waals surface area (Å²) >= 11 is 0. The fourth-order valence-electron chi connectivity index (χ4n) is 1.35. The Morgan fingerprint density at radius 2 is 1.32 bits per heavy atom. The fraction of sp³-hybridized carbons (Fsp3) is 0.211. The van der Waals surface area contributed by atoms with Gasteiger partial charge in [-0.3, -0.25) is 9.69 Å². The summed E-state index contributed by atoms with van der Waals surface area (Å²) in [6.07, 6.45) is 1.25. The van der Waals surface area contributed by atoms with Gasteiger partial charge in [-0.05, 0) is 18.6 Å². The largest absolute Gasteiger partial charge is 0.250 e. The summed E-state index contributed by atoms with van der Waals surface area (Å²) in [5, 5.41) is 8.47. The van der Waals surface area contributed by atoms with Gasteiger partial charge in [0.05, 0.1) is 24.8 Å². The first-order valence-electron chi connectivity index (χ1n) is 6.94. The molecule has 0 fully saturated rings. The van der Waals surface area contributed by atoms with Crippen molar-refractivity contribution >= 4 is 11.4 Å². The average Bonchev–Trinajstić information content (AvgIpc) is 2.56. The average molecular weight is 289 g/mol. The summed E-state index contributed by atoms with van der Waals surface area (Å²) in [6, 6.07) is 16.4. The molecule has 0 amide bonds. The van der Waals surface area contributed by atoms with Crippen LogP contribution in [0.3, 0.4) is 0 Å². The Hall–Kier alpha value is -3.09. The Morgan fingerprint density at radius 1 is 0.909 bits per heavy atom. The highest BCUT2D eigenvalue weighted by atomic mass is 14.7. The molecular weight excluding hydrogens is 270 g/mol. The number of hydrogen-bond donors (Lipinski definition) is 0. The van der Waals surface area contributed by atoms with Gasteiger partial charge in [0.25, 0.3) is 0 Å². The molecule has 0 unspecified atom stereocenters. The minimum atomic E-state index is 0.428. The standard InChI is InChI=1S/C8H4N2.C8H7N.C3H8/c1-9-7-5-3-4-6-8(7)10-2;1-7-4-2-3-5-8(7)6-9;1-3-2/h3-6H;2-5H,1H3;3H2,1-2H3. The lowest BCUT2D eigenvalue weighted by Gasteiger charge is -1.90. The normalized spacial score (nSPS) is 7.82. The third-order valence-corrected chi connectivity index (χ3v) is 2.39. The van der Waals surface area contributed by atoms with Gasteiger partial charge in [-0.15, -0.1) is 0 Å². The van der Waals surface area contributed by atoms with E-state index < -0.39 is 0 Å². The Bertz CT molecular complexity index is 665. The fourth-order valence-corrected chi connectivity index (χ4v) is 1.35. The van der Waals surface area contributed by atoms with Gasteiger partial charge < -0.3 is 0 Å². The number of para-hydroxylation sites is 2. The lowest BCUT2D eigenvalue weighted by atomic mass is 10.1. The zero-order chi connectivity index (χ0) is 16.8. The molecule has 2 aromatic carbocycles. The van der Waals surface area contributed by atoms with Crippen molar-refractivity contribution in [2.24, 2.45) is 0 Å².